The van der Waals surface area contributed by atoms with E-state index in [0.29, 0.717) is 11.7 Å². The molecule has 0 radical (unpaired) electrons. The number of esters is 1. The Morgan fingerprint density at radius 1 is 0.795 bits per heavy atom. The smallest absolute Gasteiger partial charge is 0.408 e. The van der Waals surface area contributed by atoms with E-state index in [1.165, 1.54) is 37.7 Å². The van der Waals surface area contributed by atoms with Crippen LogP contribution in [0.5, 0.6) is 0 Å². The molecule has 1 atom stereocenters. The van der Waals surface area contributed by atoms with Gasteiger partial charge in [0.25, 0.3) is 0 Å². The molecule has 44 heavy (non-hydrogen) atoms. The number of carbonyl (C=O) groups is 2. The third kappa shape index (κ3) is 8.75. The second-order valence-corrected chi connectivity index (χ2v) is 12.4. The molecule has 0 spiro atoms. The number of benzene rings is 3. The lowest BCUT2D eigenvalue weighted by molar-refractivity contribution is -0.157. The van der Waals surface area contributed by atoms with E-state index in [0.717, 1.165) is 27.8 Å². The quantitative estimate of drug-likeness (QED) is 0.198. The van der Waals surface area contributed by atoms with Gasteiger partial charge in [0, 0.05) is 29.9 Å². The maximum Gasteiger partial charge on any atom is 0.408 e. The van der Waals surface area contributed by atoms with E-state index in [2.05, 4.69) is 39.6 Å². The van der Waals surface area contributed by atoms with Gasteiger partial charge in [0.2, 0.25) is 0 Å². The number of rotatable bonds is 9. The fraction of sp³-hybridized carbons (Fsp3) is 0.351. The van der Waals surface area contributed by atoms with Crippen molar-refractivity contribution in [1.82, 2.24) is 15.3 Å². The first-order chi connectivity index (χ1) is 21.2. The van der Waals surface area contributed by atoms with Crippen molar-refractivity contribution in [2.45, 2.75) is 83.5 Å². The minimum Gasteiger partial charge on any atom is -0.458 e. The van der Waals surface area contributed by atoms with Gasteiger partial charge in [0.05, 0.1) is 0 Å². The Kier molecular flexibility index (Phi) is 10.1. The van der Waals surface area contributed by atoms with Gasteiger partial charge in [0.1, 0.15) is 18.2 Å². The highest BCUT2D eigenvalue weighted by Crippen LogP contribution is 2.33. The van der Waals surface area contributed by atoms with Crippen LogP contribution in [-0.2, 0) is 27.3 Å². The van der Waals surface area contributed by atoms with Crippen LogP contribution in [0.3, 0.4) is 0 Å². The molecule has 4 aromatic rings. The van der Waals surface area contributed by atoms with Crippen LogP contribution in [-0.4, -0.2) is 33.7 Å². The fourth-order valence-corrected chi connectivity index (χ4v) is 5.51. The summed E-state index contributed by atoms with van der Waals surface area (Å²) >= 11 is 0. The Balaban J connectivity index is 1.22. The Morgan fingerprint density at radius 2 is 1.43 bits per heavy atom. The predicted octanol–water partition coefficient (Wildman–Crippen LogP) is 8.04. The fourth-order valence-electron chi connectivity index (χ4n) is 5.51. The number of nitrogens with zero attached hydrogens (tertiary/aromatic N) is 2. The zero-order valence-corrected chi connectivity index (χ0v) is 25.8. The van der Waals surface area contributed by atoms with Crippen molar-refractivity contribution in [2.75, 3.05) is 0 Å². The minimum absolute atomic E-state index is 0.104. The van der Waals surface area contributed by atoms with Crippen LogP contribution in [0.1, 0.15) is 75.5 Å². The summed E-state index contributed by atoms with van der Waals surface area (Å²) in [7, 11) is 0. The summed E-state index contributed by atoms with van der Waals surface area (Å²) in [5.74, 6) is 0.775. The number of aromatic nitrogens is 2. The summed E-state index contributed by atoms with van der Waals surface area (Å²) in [4.78, 5) is 34.8. The summed E-state index contributed by atoms with van der Waals surface area (Å²) < 4.78 is 10.9. The van der Waals surface area contributed by atoms with Crippen molar-refractivity contribution in [3.05, 3.63) is 108 Å². The molecule has 228 valence electrons. The Bertz CT molecular complexity index is 1510. The summed E-state index contributed by atoms with van der Waals surface area (Å²) in [6, 6.07) is 25.0. The average Bonchev–Trinajstić information content (AvgIpc) is 3.04. The molecule has 0 bridgehead atoms. The second kappa shape index (κ2) is 14.3. The molecule has 1 heterocycles. The Hall–Kier alpha value is -4.52. The summed E-state index contributed by atoms with van der Waals surface area (Å²) in [5.41, 5.74) is 5.38. The monoisotopic (exact) mass is 591 g/mol. The van der Waals surface area contributed by atoms with Gasteiger partial charge in [-0.2, -0.15) is 0 Å². The highest BCUT2D eigenvalue weighted by molar-refractivity contribution is 5.82. The van der Waals surface area contributed by atoms with E-state index in [-0.39, 0.29) is 13.0 Å². The lowest BCUT2D eigenvalue weighted by Gasteiger charge is -2.24. The van der Waals surface area contributed by atoms with Crippen molar-refractivity contribution in [2.24, 2.45) is 0 Å². The maximum absolute atomic E-state index is 13.0. The lowest BCUT2D eigenvalue weighted by Crippen LogP contribution is -2.45. The number of nitrogens with one attached hydrogen (secondary N) is 1. The molecule has 7 heteroatoms. The highest BCUT2D eigenvalue weighted by Gasteiger charge is 2.27. The average molecular weight is 592 g/mol. The van der Waals surface area contributed by atoms with Crippen LogP contribution in [0, 0.1) is 0 Å². The zero-order valence-electron chi connectivity index (χ0n) is 25.8. The van der Waals surface area contributed by atoms with E-state index in [4.69, 9.17) is 9.47 Å². The first kappa shape index (κ1) is 30.9. The van der Waals surface area contributed by atoms with Crippen LogP contribution >= 0.6 is 0 Å². The van der Waals surface area contributed by atoms with Crippen LogP contribution in [0.25, 0.3) is 22.5 Å². The van der Waals surface area contributed by atoms with Crippen LogP contribution < -0.4 is 5.32 Å². The van der Waals surface area contributed by atoms with Crippen LogP contribution in [0.4, 0.5) is 4.79 Å². The van der Waals surface area contributed by atoms with E-state index >= 15 is 0 Å². The van der Waals surface area contributed by atoms with Gasteiger partial charge in [-0.3, -0.25) is 0 Å². The van der Waals surface area contributed by atoms with Gasteiger partial charge in [0.15, 0.2) is 5.82 Å². The molecule has 1 amide bonds. The third-order valence-electron chi connectivity index (χ3n) is 7.82. The zero-order chi connectivity index (χ0) is 30.9. The molecule has 1 N–H and O–H groups in total. The predicted molar refractivity (Wildman–Crippen MR) is 172 cm³/mol. The molecule has 3 aromatic carbocycles. The van der Waals surface area contributed by atoms with Crippen molar-refractivity contribution in [3.63, 3.8) is 0 Å². The van der Waals surface area contributed by atoms with Crippen molar-refractivity contribution < 1.29 is 19.1 Å². The molecule has 1 saturated carbocycles. The molecule has 7 nitrogen and oxygen atoms in total. The van der Waals surface area contributed by atoms with Gasteiger partial charge in [-0.05, 0) is 61.8 Å². The standard InChI is InChI=1S/C37H41N3O4/c1-37(2,3)44-35(41)33(40-36(42)43-25-27-10-6-4-7-11-27)22-26-14-16-31(17-15-26)34-38-23-32(24-39-34)30-20-18-29(19-21-30)28-12-8-5-9-13-28/h4,6-7,10-11,14-21,23-24,28,33H,5,8-9,12-13,22,25H2,1-3H3,(H,40,42). The topological polar surface area (TPSA) is 90.4 Å². The SMILES string of the molecule is CC(C)(C)OC(=O)C(Cc1ccc(-c2ncc(-c3ccc(C4CCCCC4)cc3)cn2)cc1)NC(=O)OCc1ccccc1. The number of amides is 1. The van der Waals surface area contributed by atoms with Crippen molar-refractivity contribution in [3.8, 4) is 22.5 Å². The number of hydrogen-bond donors (Lipinski definition) is 1. The van der Waals surface area contributed by atoms with Crippen molar-refractivity contribution in [1.29, 1.82) is 0 Å². The Morgan fingerprint density at radius 3 is 2.07 bits per heavy atom. The highest BCUT2D eigenvalue weighted by atomic mass is 16.6. The first-order valence-corrected chi connectivity index (χ1v) is 15.5. The Labute approximate surface area is 260 Å². The van der Waals surface area contributed by atoms with E-state index in [9.17, 15) is 9.59 Å². The summed E-state index contributed by atoms with van der Waals surface area (Å²) in [6.45, 7) is 5.49. The van der Waals surface area contributed by atoms with Crippen LogP contribution in [0.15, 0.2) is 91.3 Å². The molecule has 0 saturated heterocycles. The number of ether oxygens (including phenoxy) is 2. The van der Waals surface area contributed by atoms with Gasteiger partial charge >= 0.3 is 12.1 Å². The molecule has 1 aliphatic carbocycles. The summed E-state index contributed by atoms with van der Waals surface area (Å²) in [6.07, 6.45) is 9.86. The molecule has 5 rings (SSSR count). The van der Waals surface area contributed by atoms with Crippen molar-refractivity contribution >= 4 is 12.1 Å². The number of alkyl carbamates (subject to hydrolysis) is 1. The van der Waals surface area contributed by atoms with E-state index < -0.39 is 23.7 Å². The lowest BCUT2D eigenvalue weighted by atomic mass is 9.84. The third-order valence-corrected chi connectivity index (χ3v) is 7.82. The largest absolute Gasteiger partial charge is 0.458 e. The molecular weight excluding hydrogens is 550 g/mol. The van der Waals surface area contributed by atoms with Crippen LogP contribution in [0.2, 0.25) is 0 Å². The molecular formula is C37H41N3O4. The molecule has 1 aromatic heterocycles. The van der Waals surface area contributed by atoms with E-state index in [1.807, 2.05) is 67.0 Å². The molecule has 1 fully saturated rings. The maximum atomic E-state index is 13.0. The van der Waals surface area contributed by atoms with E-state index in [1.54, 1.807) is 20.8 Å². The van der Waals surface area contributed by atoms with Gasteiger partial charge in [-0.15, -0.1) is 0 Å². The molecule has 1 unspecified atom stereocenters. The first-order valence-electron chi connectivity index (χ1n) is 15.5. The van der Waals surface area contributed by atoms with Gasteiger partial charge in [-0.1, -0.05) is 98.1 Å². The van der Waals surface area contributed by atoms with Gasteiger partial charge < -0.3 is 14.8 Å². The second-order valence-electron chi connectivity index (χ2n) is 12.4. The summed E-state index contributed by atoms with van der Waals surface area (Å²) in [5, 5.41) is 2.69. The molecule has 1 aliphatic rings. The number of hydrogen-bond acceptors (Lipinski definition) is 6. The normalized spacial score (nSPS) is 14.4. The molecule has 0 aliphatic heterocycles. The van der Waals surface area contributed by atoms with Gasteiger partial charge in [-0.25, -0.2) is 19.6 Å². The minimum atomic E-state index is -0.914. The number of carbonyl (C=O) groups excluding carboxylic acids is 2.